The summed E-state index contributed by atoms with van der Waals surface area (Å²) >= 11 is 0. The van der Waals surface area contributed by atoms with Gasteiger partial charge in [-0.25, -0.2) is 24.9 Å². The Morgan fingerprint density at radius 3 is 2.44 bits per heavy atom. The van der Waals surface area contributed by atoms with Gasteiger partial charge in [0.25, 0.3) is 0 Å². The van der Waals surface area contributed by atoms with Crippen molar-refractivity contribution < 1.29 is 27.4 Å². The zero-order valence-corrected chi connectivity index (χ0v) is 30.2. The molecule has 0 radical (unpaired) electrons. The van der Waals surface area contributed by atoms with Crippen molar-refractivity contribution in [2.75, 3.05) is 69.9 Å². The number of nitrogens with one attached hydrogen (secondary N) is 1. The molecule has 0 aromatic carbocycles. The van der Waals surface area contributed by atoms with E-state index in [1.165, 1.54) is 0 Å². The molecule has 4 aromatic rings. The Morgan fingerprint density at radius 1 is 1.06 bits per heavy atom. The van der Waals surface area contributed by atoms with E-state index in [2.05, 4.69) is 24.7 Å². The van der Waals surface area contributed by atoms with E-state index >= 15 is 0 Å². The first-order valence-corrected chi connectivity index (χ1v) is 18.1. The van der Waals surface area contributed by atoms with Crippen LogP contribution in [0.4, 0.5) is 24.7 Å². The number of ether oxygens (including phenoxy) is 2. The number of aromatic amines is 1. The van der Waals surface area contributed by atoms with Crippen molar-refractivity contribution in [3.05, 3.63) is 42.0 Å². The molecule has 0 bridgehead atoms. The number of imidazole rings is 1. The normalized spacial score (nSPS) is 18.3. The van der Waals surface area contributed by atoms with Crippen LogP contribution in [-0.4, -0.2) is 107 Å². The molecule has 15 heteroatoms. The van der Waals surface area contributed by atoms with Crippen molar-refractivity contribution in [3.8, 4) is 22.8 Å². The van der Waals surface area contributed by atoms with Crippen molar-refractivity contribution in [2.24, 2.45) is 5.41 Å². The van der Waals surface area contributed by atoms with Crippen LogP contribution in [-0.2, 0) is 20.4 Å². The van der Waals surface area contributed by atoms with Gasteiger partial charge in [0.15, 0.2) is 11.5 Å². The number of H-pyrrole nitrogens is 1. The minimum absolute atomic E-state index is 0.00685. The number of carbonyl (C=O) groups is 1. The van der Waals surface area contributed by atoms with E-state index in [1.807, 2.05) is 27.0 Å². The Bertz CT molecular complexity index is 1890. The molecule has 0 spiro atoms. The van der Waals surface area contributed by atoms with E-state index in [4.69, 9.17) is 29.4 Å². The number of carbonyl (C=O) groups excluding carboxylic acids is 1. The number of aromatic nitrogens is 6. The molecule has 1 aliphatic heterocycles. The second-order valence-electron chi connectivity index (χ2n) is 14.5. The van der Waals surface area contributed by atoms with E-state index in [1.54, 1.807) is 25.6 Å². The zero-order valence-electron chi connectivity index (χ0n) is 30.2. The highest BCUT2D eigenvalue weighted by Crippen LogP contribution is 2.44. The van der Waals surface area contributed by atoms with E-state index in [0.717, 1.165) is 75.9 Å². The standard InChI is InChI=1S/C37H46F3N9O3/c1-5-52-32(50)15-23(2)48-11-13-49(14-12-48)31-20-41-28(19-42-31)34-45-33-29(47(3)21-36(22-51-4)9-6-10-36)18-27(44-35(33)46-34)25-16-26(24-7-8-24)43-30(17-25)37(38,39)40/h16-20,23-24H,5-15,21-22H2,1-4H3,(H,44,45,46). The fraction of sp³-hybridized carbons (Fsp3) is 0.568. The first-order chi connectivity index (χ1) is 24.9. The minimum atomic E-state index is -4.58. The number of methoxy groups -OCH3 is 1. The van der Waals surface area contributed by atoms with Crippen LogP contribution in [0, 0.1) is 5.41 Å². The summed E-state index contributed by atoms with van der Waals surface area (Å²) in [6.45, 7) is 8.62. The fourth-order valence-corrected chi connectivity index (χ4v) is 7.48. The summed E-state index contributed by atoms with van der Waals surface area (Å²) in [6, 6.07) is 4.76. The molecular weight excluding hydrogens is 675 g/mol. The molecule has 5 heterocycles. The molecule has 1 saturated heterocycles. The number of fused-ring (bicyclic) bond motifs is 1. The lowest BCUT2D eigenvalue weighted by molar-refractivity contribution is -0.144. The Balaban J connectivity index is 1.17. The molecule has 278 valence electrons. The van der Waals surface area contributed by atoms with Gasteiger partial charge in [-0.3, -0.25) is 9.69 Å². The molecule has 3 aliphatic rings. The van der Waals surface area contributed by atoms with Gasteiger partial charge >= 0.3 is 12.1 Å². The summed E-state index contributed by atoms with van der Waals surface area (Å²) in [5, 5.41) is 0. The molecule has 1 atom stereocenters. The number of halogens is 3. The lowest BCUT2D eigenvalue weighted by Crippen LogP contribution is -2.50. The summed E-state index contributed by atoms with van der Waals surface area (Å²) in [5.74, 6) is 1.05. The summed E-state index contributed by atoms with van der Waals surface area (Å²) in [4.78, 5) is 45.0. The van der Waals surface area contributed by atoms with Crippen molar-refractivity contribution in [1.82, 2.24) is 34.8 Å². The van der Waals surface area contributed by atoms with E-state index < -0.39 is 11.9 Å². The molecule has 4 aromatic heterocycles. The predicted octanol–water partition coefficient (Wildman–Crippen LogP) is 6.09. The van der Waals surface area contributed by atoms with Crippen LogP contribution in [0.5, 0.6) is 0 Å². The van der Waals surface area contributed by atoms with Gasteiger partial charge in [-0.05, 0) is 57.7 Å². The maximum Gasteiger partial charge on any atom is 0.433 e. The second kappa shape index (κ2) is 14.6. The fourth-order valence-electron chi connectivity index (χ4n) is 7.48. The molecule has 2 aliphatic carbocycles. The topological polar surface area (TPSA) is 125 Å². The number of hydrogen-bond acceptors (Lipinski definition) is 11. The highest BCUT2D eigenvalue weighted by atomic mass is 19.4. The van der Waals surface area contributed by atoms with E-state index in [-0.39, 0.29) is 23.3 Å². The Kier molecular flexibility index (Phi) is 10.1. The van der Waals surface area contributed by atoms with Crippen LogP contribution in [0.1, 0.15) is 69.7 Å². The average molecular weight is 722 g/mol. The molecule has 3 fully saturated rings. The lowest BCUT2D eigenvalue weighted by Gasteiger charge is -2.44. The van der Waals surface area contributed by atoms with Gasteiger partial charge < -0.3 is 24.3 Å². The first-order valence-electron chi connectivity index (χ1n) is 18.1. The summed E-state index contributed by atoms with van der Waals surface area (Å²) < 4.78 is 52.7. The third-order valence-corrected chi connectivity index (χ3v) is 10.6. The van der Waals surface area contributed by atoms with Crippen LogP contribution in [0.15, 0.2) is 30.6 Å². The van der Waals surface area contributed by atoms with E-state index in [0.29, 0.717) is 65.8 Å². The summed E-state index contributed by atoms with van der Waals surface area (Å²) in [6.07, 6.45) is 4.03. The van der Waals surface area contributed by atoms with Gasteiger partial charge in [-0.2, -0.15) is 13.2 Å². The van der Waals surface area contributed by atoms with Gasteiger partial charge in [-0.15, -0.1) is 0 Å². The molecular formula is C37H46F3N9O3. The van der Waals surface area contributed by atoms with Gasteiger partial charge in [0.2, 0.25) is 0 Å². The SMILES string of the molecule is CCOC(=O)CC(C)N1CCN(c2cnc(-c3nc4nc(-c5cc(C6CC6)nc(C(F)(F)F)c5)cc(N(C)CC5(COC)CCC5)c4[nH]3)cn2)CC1. The average Bonchev–Trinajstić information content (AvgIpc) is 3.88. The van der Waals surface area contributed by atoms with Gasteiger partial charge in [-0.1, -0.05) is 6.42 Å². The van der Waals surface area contributed by atoms with Crippen molar-refractivity contribution >= 4 is 28.6 Å². The minimum Gasteiger partial charge on any atom is -0.466 e. The second-order valence-corrected chi connectivity index (χ2v) is 14.5. The van der Waals surface area contributed by atoms with Gasteiger partial charge in [0.1, 0.15) is 22.7 Å². The Hall–Kier alpha value is -4.37. The first kappa shape index (κ1) is 36.0. The predicted molar refractivity (Wildman–Crippen MR) is 191 cm³/mol. The molecule has 1 unspecified atom stereocenters. The zero-order chi connectivity index (χ0) is 36.6. The highest BCUT2D eigenvalue weighted by molar-refractivity contribution is 5.91. The Morgan fingerprint density at radius 2 is 1.83 bits per heavy atom. The van der Waals surface area contributed by atoms with Crippen LogP contribution in [0.25, 0.3) is 33.9 Å². The van der Waals surface area contributed by atoms with Crippen LogP contribution in [0.3, 0.4) is 0 Å². The number of nitrogens with zero attached hydrogens (tertiary/aromatic N) is 8. The molecule has 2 saturated carbocycles. The van der Waals surface area contributed by atoms with Crippen LogP contribution < -0.4 is 9.80 Å². The van der Waals surface area contributed by atoms with Crippen LogP contribution in [0.2, 0.25) is 0 Å². The monoisotopic (exact) mass is 721 g/mol. The van der Waals surface area contributed by atoms with Gasteiger partial charge in [0, 0.05) is 75.5 Å². The molecule has 0 amide bonds. The smallest absolute Gasteiger partial charge is 0.433 e. The number of anilines is 2. The summed E-state index contributed by atoms with van der Waals surface area (Å²) in [7, 11) is 3.70. The van der Waals surface area contributed by atoms with Crippen molar-refractivity contribution in [3.63, 3.8) is 0 Å². The maximum atomic E-state index is 14.0. The number of pyridine rings is 2. The number of hydrogen-bond donors (Lipinski definition) is 1. The van der Waals surface area contributed by atoms with Crippen molar-refractivity contribution in [2.45, 2.75) is 70.5 Å². The molecule has 1 N–H and O–H groups in total. The molecule has 12 nitrogen and oxygen atoms in total. The molecule has 52 heavy (non-hydrogen) atoms. The lowest BCUT2D eigenvalue weighted by atomic mass is 9.69. The summed E-state index contributed by atoms with van der Waals surface area (Å²) in [5.41, 5.74) is 2.62. The highest BCUT2D eigenvalue weighted by Gasteiger charge is 2.39. The maximum absolute atomic E-state index is 14.0. The Labute approximate surface area is 301 Å². The van der Waals surface area contributed by atoms with Crippen LogP contribution >= 0.6 is 0 Å². The number of piperazine rings is 1. The van der Waals surface area contributed by atoms with E-state index in [9.17, 15) is 18.0 Å². The van der Waals surface area contributed by atoms with Gasteiger partial charge in [0.05, 0.1) is 43.4 Å². The third-order valence-electron chi connectivity index (χ3n) is 10.6. The largest absolute Gasteiger partial charge is 0.466 e. The third kappa shape index (κ3) is 7.70. The quantitative estimate of drug-likeness (QED) is 0.161. The number of rotatable bonds is 13. The van der Waals surface area contributed by atoms with Crippen molar-refractivity contribution in [1.29, 1.82) is 0 Å². The number of esters is 1. The molecule has 7 rings (SSSR count). The number of alkyl halides is 3.